The zero-order chi connectivity index (χ0) is 20.3. The van der Waals surface area contributed by atoms with Crippen molar-refractivity contribution in [3.63, 3.8) is 0 Å². The molecule has 0 bridgehead atoms. The van der Waals surface area contributed by atoms with Gasteiger partial charge in [0.2, 0.25) is 10.0 Å². The Morgan fingerprint density at radius 1 is 1.04 bits per heavy atom. The SMILES string of the molecule is COc1ccc(F)cc1C[NH+]1CCN(S(=O)(=O)c2cc(C)ccc2OC)CC1. The molecule has 1 aliphatic rings. The van der Waals surface area contributed by atoms with Gasteiger partial charge in [0.15, 0.2) is 0 Å². The summed E-state index contributed by atoms with van der Waals surface area (Å²) in [5, 5.41) is 0. The van der Waals surface area contributed by atoms with Crippen LogP contribution in [0.3, 0.4) is 0 Å². The minimum absolute atomic E-state index is 0.199. The molecule has 0 aliphatic carbocycles. The quantitative estimate of drug-likeness (QED) is 0.780. The van der Waals surface area contributed by atoms with Crippen molar-refractivity contribution in [2.45, 2.75) is 18.4 Å². The topological polar surface area (TPSA) is 60.3 Å². The first kappa shape index (κ1) is 20.6. The van der Waals surface area contributed by atoms with E-state index in [1.54, 1.807) is 25.3 Å². The number of methoxy groups -OCH3 is 2. The van der Waals surface area contributed by atoms with Gasteiger partial charge >= 0.3 is 0 Å². The number of halogens is 1. The second-order valence-corrected chi connectivity index (χ2v) is 8.85. The maximum atomic E-state index is 13.6. The van der Waals surface area contributed by atoms with Gasteiger partial charge in [-0.2, -0.15) is 4.31 Å². The highest BCUT2D eigenvalue weighted by atomic mass is 32.2. The number of nitrogens with zero attached hydrogens (tertiary/aromatic N) is 1. The highest BCUT2D eigenvalue weighted by Gasteiger charge is 2.32. The first-order chi connectivity index (χ1) is 13.3. The summed E-state index contributed by atoms with van der Waals surface area (Å²) >= 11 is 0. The summed E-state index contributed by atoms with van der Waals surface area (Å²) < 4.78 is 51.8. The molecule has 3 rings (SSSR count). The van der Waals surface area contributed by atoms with Gasteiger partial charge in [-0.25, -0.2) is 12.8 Å². The van der Waals surface area contributed by atoms with Crippen molar-refractivity contribution in [2.75, 3.05) is 40.4 Å². The molecule has 0 radical (unpaired) electrons. The molecule has 6 nitrogen and oxygen atoms in total. The molecule has 1 aliphatic heterocycles. The van der Waals surface area contributed by atoms with Crippen molar-refractivity contribution in [1.29, 1.82) is 0 Å². The zero-order valence-corrected chi connectivity index (χ0v) is 17.2. The number of hydrogen-bond donors (Lipinski definition) is 1. The number of rotatable bonds is 6. The minimum Gasteiger partial charge on any atom is -0.496 e. The van der Waals surface area contributed by atoms with Crippen LogP contribution in [-0.2, 0) is 16.6 Å². The molecule has 1 fully saturated rings. The number of hydrogen-bond acceptors (Lipinski definition) is 4. The predicted molar refractivity (Wildman–Crippen MR) is 104 cm³/mol. The Hall–Kier alpha value is -2.16. The van der Waals surface area contributed by atoms with Gasteiger partial charge in [0.05, 0.1) is 46.0 Å². The average molecular weight is 410 g/mol. The van der Waals surface area contributed by atoms with Crippen molar-refractivity contribution in [1.82, 2.24) is 4.31 Å². The van der Waals surface area contributed by atoms with Crippen LogP contribution < -0.4 is 14.4 Å². The maximum Gasteiger partial charge on any atom is 0.247 e. The molecule has 1 saturated heterocycles. The second kappa shape index (κ2) is 8.46. The van der Waals surface area contributed by atoms with Crippen LogP contribution >= 0.6 is 0 Å². The molecule has 1 heterocycles. The molecule has 152 valence electrons. The van der Waals surface area contributed by atoms with Crippen LogP contribution in [0.15, 0.2) is 41.3 Å². The Balaban J connectivity index is 1.72. The molecule has 0 amide bonds. The molecule has 0 aromatic heterocycles. The van der Waals surface area contributed by atoms with E-state index in [1.807, 2.05) is 13.0 Å². The van der Waals surface area contributed by atoms with E-state index in [0.717, 1.165) is 11.1 Å². The molecule has 28 heavy (non-hydrogen) atoms. The fourth-order valence-corrected chi connectivity index (χ4v) is 5.18. The molecular weight excluding hydrogens is 383 g/mol. The first-order valence-corrected chi connectivity index (χ1v) is 10.6. The number of nitrogens with one attached hydrogen (secondary N) is 1. The van der Waals surface area contributed by atoms with Crippen LogP contribution in [0.5, 0.6) is 11.5 Å². The zero-order valence-electron chi connectivity index (χ0n) is 16.4. The van der Waals surface area contributed by atoms with Crippen LogP contribution in [0.4, 0.5) is 4.39 Å². The van der Waals surface area contributed by atoms with Gasteiger partial charge in [0, 0.05) is 0 Å². The van der Waals surface area contributed by atoms with Crippen LogP contribution in [0.2, 0.25) is 0 Å². The van der Waals surface area contributed by atoms with Gasteiger partial charge in [-0.15, -0.1) is 0 Å². The lowest BCUT2D eigenvalue weighted by atomic mass is 10.1. The molecule has 1 N–H and O–H groups in total. The van der Waals surface area contributed by atoms with Crippen LogP contribution in [0, 0.1) is 12.7 Å². The van der Waals surface area contributed by atoms with Gasteiger partial charge in [-0.05, 0) is 42.8 Å². The number of sulfonamides is 1. The van der Waals surface area contributed by atoms with Crippen molar-refractivity contribution in [3.8, 4) is 11.5 Å². The molecule has 2 aromatic rings. The normalized spacial score (nSPS) is 16.1. The average Bonchev–Trinajstić information content (AvgIpc) is 2.68. The van der Waals surface area contributed by atoms with Crippen molar-refractivity contribution in [2.24, 2.45) is 0 Å². The highest BCUT2D eigenvalue weighted by molar-refractivity contribution is 7.89. The standard InChI is InChI=1S/C20H25FN2O4S/c1-15-4-6-19(27-3)20(12-15)28(24,25)23-10-8-22(9-11-23)14-16-13-17(21)5-7-18(16)26-2/h4-7,12-13H,8-11,14H2,1-3H3/p+1. The molecule has 0 spiro atoms. The van der Waals surface area contributed by atoms with E-state index in [9.17, 15) is 12.8 Å². The Bertz CT molecular complexity index is 941. The number of quaternary nitrogens is 1. The summed E-state index contributed by atoms with van der Waals surface area (Å²) in [5.41, 5.74) is 1.65. The molecule has 0 unspecified atom stereocenters. The Morgan fingerprint density at radius 3 is 2.32 bits per heavy atom. The van der Waals surface area contributed by atoms with Gasteiger partial charge in [-0.3, -0.25) is 0 Å². The van der Waals surface area contributed by atoms with Gasteiger partial charge in [-0.1, -0.05) is 6.07 Å². The minimum atomic E-state index is -3.63. The van der Waals surface area contributed by atoms with E-state index >= 15 is 0 Å². The van der Waals surface area contributed by atoms with Crippen LogP contribution in [0.1, 0.15) is 11.1 Å². The Morgan fingerprint density at radius 2 is 1.68 bits per heavy atom. The number of piperazine rings is 1. The summed E-state index contributed by atoms with van der Waals surface area (Å²) in [5.74, 6) is 0.696. The monoisotopic (exact) mass is 409 g/mol. The van der Waals surface area contributed by atoms with Crippen molar-refractivity contribution < 1.29 is 27.2 Å². The first-order valence-electron chi connectivity index (χ1n) is 9.16. The van der Waals surface area contributed by atoms with Crippen LogP contribution in [0.25, 0.3) is 0 Å². The lowest BCUT2D eigenvalue weighted by molar-refractivity contribution is -0.917. The fraction of sp³-hybridized carbons (Fsp3) is 0.400. The third kappa shape index (κ3) is 4.29. The molecule has 8 heteroatoms. The van der Waals surface area contributed by atoms with E-state index in [1.165, 1.54) is 28.4 Å². The Labute approximate surface area is 165 Å². The summed E-state index contributed by atoms with van der Waals surface area (Å²) in [6, 6.07) is 9.62. The van der Waals surface area contributed by atoms with E-state index in [0.29, 0.717) is 44.2 Å². The lowest BCUT2D eigenvalue weighted by Gasteiger charge is -2.32. The second-order valence-electron chi connectivity index (χ2n) is 6.94. The van der Waals surface area contributed by atoms with Crippen LogP contribution in [-0.4, -0.2) is 53.1 Å². The largest absolute Gasteiger partial charge is 0.496 e. The predicted octanol–water partition coefficient (Wildman–Crippen LogP) is 1.24. The van der Waals surface area contributed by atoms with E-state index in [2.05, 4.69) is 0 Å². The summed E-state index contributed by atoms with van der Waals surface area (Å²) in [6.45, 7) is 4.49. The Kier molecular flexibility index (Phi) is 6.22. The van der Waals surface area contributed by atoms with Gasteiger partial charge in [0.25, 0.3) is 0 Å². The van der Waals surface area contributed by atoms with Gasteiger partial charge in [0.1, 0.15) is 28.8 Å². The smallest absolute Gasteiger partial charge is 0.247 e. The lowest BCUT2D eigenvalue weighted by Crippen LogP contribution is -3.13. The summed E-state index contributed by atoms with van der Waals surface area (Å²) in [6.07, 6.45) is 0. The van der Waals surface area contributed by atoms with E-state index in [-0.39, 0.29) is 10.7 Å². The maximum absolute atomic E-state index is 13.6. The number of ether oxygens (including phenoxy) is 2. The van der Waals surface area contributed by atoms with Gasteiger partial charge < -0.3 is 14.4 Å². The summed E-state index contributed by atoms with van der Waals surface area (Å²) in [4.78, 5) is 1.39. The molecule has 0 atom stereocenters. The van der Waals surface area contributed by atoms with Crippen molar-refractivity contribution in [3.05, 3.63) is 53.3 Å². The van der Waals surface area contributed by atoms with Crippen molar-refractivity contribution >= 4 is 10.0 Å². The molecular formula is C20H26FN2O4S+. The third-order valence-electron chi connectivity index (χ3n) is 5.05. The number of benzene rings is 2. The highest BCUT2D eigenvalue weighted by Crippen LogP contribution is 2.27. The van der Waals surface area contributed by atoms with E-state index in [4.69, 9.17) is 9.47 Å². The number of aryl methyl sites for hydroxylation is 1. The molecule has 0 saturated carbocycles. The third-order valence-corrected chi connectivity index (χ3v) is 6.97. The fourth-order valence-electron chi connectivity index (χ4n) is 3.50. The molecule has 2 aromatic carbocycles. The van der Waals surface area contributed by atoms with E-state index < -0.39 is 10.0 Å². The summed E-state index contributed by atoms with van der Waals surface area (Å²) in [7, 11) is -0.601.